The summed E-state index contributed by atoms with van der Waals surface area (Å²) in [5, 5.41) is 0.457. The molecule has 0 atom stereocenters. The molecule has 0 bridgehead atoms. The highest BCUT2D eigenvalue weighted by Crippen LogP contribution is 2.42. The molecule has 0 fully saturated rings. The Morgan fingerprint density at radius 2 is 1.30 bits per heavy atom. The largest absolute Gasteiger partial charge is 0.454 e. The quantitative estimate of drug-likeness (QED) is 0.501. The van der Waals surface area contributed by atoms with E-state index in [-0.39, 0.29) is 36.2 Å². The summed E-state index contributed by atoms with van der Waals surface area (Å²) >= 11 is 18.7. The van der Waals surface area contributed by atoms with Crippen molar-refractivity contribution in [2.24, 2.45) is 0 Å². The fourth-order valence-electron chi connectivity index (χ4n) is 2.69. The van der Waals surface area contributed by atoms with E-state index in [9.17, 15) is 16.8 Å². The molecule has 0 spiro atoms. The van der Waals surface area contributed by atoms with Crippen molar-refractivity contribution in [1.29, 1.82) is 0 Å². The van der Waals surface area contributed by atoms with Crippen molar-refractivity contribution in [3.8, 4) is 11.3 Å². The third-order valence-corrected chi connectivity index (χ3v) is 9.34. The van der Waals surface area contributed by atoms with E-state index in [2.05, 4.69) is 0 Å². The number of furan rings is 1. The molecule has 0 saturated carbocycles. The van der Waals surface area contributed by atoms with Crippen molar-refractivity contribution < 1.29 is 21.3 Å². The summed E-state index contributed by atoms with van der Waals surface area (Å²) in [6.45, 7) is 0. The van der Waals surface area contributed by atoms with Gasteiger partial charge in [-0.15, -0.1) is 0 Å². The van der Waals surface area contributed by atoms with Crippen LogP contribution in [-0.4, -0.2) is 53.6 Å². The first-order valence-corrected chi connectivity index (χ1v) is 12.4. The van der Waals surface area contributed by atoms with Crippen molar-refractivity contribution in [2.45, 2.75) is 9.79 Å². The number of fused-ring (bicyclic) bond motifs is 1. The molecule has 0 N–H and O–H groups in total. The van der Waals surface area contributed by atoms with Crippen molar-refractivity contribution in [1.82, 2.24) is 8.61 Å². The second-order valence-electron chi connectivity index (χ2n) is 6.74. The monoisotopic (exact) mass is 510 g/mol. The van der Waals surface area contributed by atoms with E-state index in [1.165, 1.54) is 52.5 Å². The molecule has 0 aliphatic heterocycles. The molecule has 0 aliphatic carbocycles. The average molecular weight is 512 g/mol. The minimum atomic E-state index is -3.81. The molecule has 0 saturated heterocycles. The van der Waals surface area contributed by atoms with Gasteiger partial charge in [-0.3, -0.25) is 0 Å². The topological polar surface area (TPSA) is 87.9 Å². The van der Waals surface area contributed by atoms with Gasteiger partial charge >= 0.3 is 0 Å². The molecule has 7 nitrogen and oxygen atoms in total. The Bertz CT molecular complexity index is 1360. The van der Waals surface area contributed by atoms with Gasteiger partial charge in [0.1, 0.15) is 15.4 Å². The number of benzene rings is 2. The Morgan fingerprint density at radius 1 is 0.767 bits per heavy atom. The van der Waals surface area contributed by atoms with Gasteiger partial charge < -0.3 is 4.42 Å². The lowest BCUT2D eigenvalue weighted by Crippen LogP contribution is -2.22. The van der Waals surface area contributed by atoms with E-state index in [1.54, 1.807) is 6.07 Å². The van der Waals surface area contributed by atoms with Crippen molar-refractivity contribution in [3.05, 3.63) is 45.4 Å². The highest BCUT2D eigenvalue weighted by Gasteiger charge is 2.26. The molecule has 30 heavy (non-hydrogen) atoms. The molecular weight excluding hydrogens is 495 g/mol. The van der Waals surface area contributed by atoms with Gasteiger partial charge in [0.25, 0.3) is 0 Å². The smallest absolute Gasteiger partial charge is 0.244 e. The van der Waals surface area contributed by atoms with Crippen LogP contribution in [0, 0.1) is 0 Å². The van der Waals surface area contributed by atoms with Gasteiger partial charge in [-0.2, -0.15) is 0 Å². The minimum absolute atomic E-state index is 0.0276. The van der Waals surface area contributed by atoms with E-state index in [0.717, 1.165) is 8.61 Å². The average Bonchev–Trinajstić information content (AvgIpc) is 2.96. The van der Waals surface area contributed by atoms with E-state index >= 15 is 0 Å². The minimum Gasteiger partial charge on any atom is -0.454 e. The maximum absolute atomic E-state index is 12.5. The Balaban J connectivity index is 2.26. The van der Waals surface area contributed by atoms with Crippen LogP contribution < -0.4 is 0 Å². The number of halogens is 3. The maximum Gasteiger partial charge on any atom is 0.244 e. The van der Waals surface area contributed by atoms with Crippen LogP contribution in [0.1, 0.15) is 0 Å². The van der Waals surface area contributed by atoms with E-state index in [4.69, 9.17) is 39.2 Å². The lowest BCUT2D eigenvalue weighted by atomic mass is 10.1. The molecular formula is C18H17Cl3N2O5S2. The second kappa shape index (κ2) is 7.98. The zero-order valence-corrected chi connectivity index (χ0v) is 20.2. The molecule has 0 amide bonds. The molecule has 0 aliphatic rings. The van der Waals surface area contributed by atoms with Crippen LogP contribution in [0.2, 0.25) is 15.1 Å². The summed E-state index contributed by atoms with van der Waals surface area (Å²) in [4.78, 5) is -0.236. The van der Waals surface area contributed by atoms with Crippen molar-refractivity contribution in [2.75, 3.05) is 28.2 Å². The number of sulfonamides is 2. The van der Waals surface area contributed by atoms with Gasteiger partial charge in [0.05, 0.1) is 15.1 Å². The Morgan fingerprint density at radius 3 is 1.83 bits per heavy atom. The first-order chi connectivity index (χ1) is 13.8. The number of hydrogen-bond acceptors (Lipinski definition) is 5. The summed E-state index contributed by atoms with van der Waals surface area (Å²) in [6.07, 6.45) is 0. The SMILES string of the molecule is CN(C)S(=O)(=O)c1cc(-c2oc3cc(Cl)c(S(=O)(=O)N(C)C)cc3c2Cl)ccc1Cl. The molecule has 1 heterocycles. The van der Waals surface area contributed by atoms with Gasteiger partial charge in [-0.05, 0) is 24.3 Å². The van der Waals surface area contributed by atoms with E-state index < -0.39 is 20.0 Å². The molecule has 1 aromatic heterocycles. The highest BCUT2D eigenvalue weighted by molar-refractivity contribution is 7.89. The first kappa shape index (κ1) is 23.3. The molecule has 3 aromatic rings. The van der Waals surface area contributed by atoms with Crippen molar-refractivity contribution in [3.63, 3.8) is 0 Å². The zero-order chi connectivity index (χ0) is 22.6. The number of nitrogens with zero attached hydrogens (tertiary/aromatic N) is 2. The van der Waals surface area contributed by atoms with Gasteiger partial charge in [-0.1, -0.05) is 34.8 Å². The van der Waals surface area contributed by atoms with E-state index in [1.807, 2.05) is 0 Å². The summed E-state index contributed by atoms with van der Waals surface area (Å²) < 4.78 is 58.0. The maximum atomic E-state index is 12.5. The first-order valence-electron chi connectivity index (χ1n) is 8.35. The lowest BCUT2D eigenvalue weighted by Gasteiger charge is -2.13. The molecule has 0 radical (unpaired) electrons. The Kier molecular flexibility index (Phi) is 6.21. The van der Waals surface area contributed by atoms with Gasteiger partial charge in [0.2, 0.25) is 20.0 Å². The standard InChI is InChI=1S/C18H17Cl3N2O5S2/c1-22(2)29(24,25)15-7-10(5-6-12(15)19)18-17(21)11-8-16(30(26,27)23(3)4)13(20)9-14(11)28-18/h5-9H,1-4H3. The summed E-state index contributed by atoms with van der Waals surface area (Å²) in [7, 11) is -2.07. The molecule has 0 unspecified atom stereocenters. The molecule has 162 valence electrons. The zero-order valence-electron chi connectivity index (χ0n) is 16.3. The van der Waals surface area contributed by atoms with Gasteiger partial charge in [0, 0.05) is 45.2 Å². The Hall–Kier alpha value is -1.33. The van der Waals surface area contributed by atoms with Crippen LogP contribution >= 0.6 is 34.8 Å². The van der Waals surface area contributed by atoms with Crippen LogP contribution in [0.15, 0.2) is 44.5 Å². The summed E-state index contributed by atoms with van der Waals surface area (Å²) in [5.41, 5.74) is 0.610. The predicted molar refractivity (Wildman–Crippen MR) is 118 cm³/mol. The van der Waals surface area contributed by atoms with Gasteiger partial charge in [0.15, 0.2) is 5.76 Å². The van der Waals surface area contributed by atoms with Crippen LogP contribution in [0.3, 0.4) is 0 Å². The molecule has 12 heteroatoms. The summed E-state index contributed by atoms with van der Waals surface area (Å²) in [6, 6.07) is 7.01. The Labute approximate surface area is 189 Å². The van der Waals surface area contributed by atoms with Crippen LogP contribution in [0.4, 0.5) is 0 Å². The second-order valence-corrected chi connectivity index (χ2v) is 12.2. The normalized spacial score (nSPS) is 13.0. The number of rotatable bonds is 5. The van der Waals surface area contributed by atoms with Crippen LogP contribution in [0.25, 0.3) is 22.3 Å². The highest BCUT2D eigenvalue weighted by atomic mass is 35.5. The third-order valence-electron chi connectivity index (χ3n) is 4.39. The van der Waals surface area contributed by atoms with E-state index in [0.29, 0.717) is 10.9 Å². The fourth-order valence-corrected chi connectivity index (χ4v) is 5.79. The fraction of sp³-hybridized carbons (Fsp3) is 0.222. The van der Waals surface area contributed by atoms with Crippen LogP contribution in [-0.2, 0) is 20.0 Å². The third kappa shape index (κ3) is 3.84. The molecule has 3 rings (SSSR count). The van der Waals surface area contributed by atoms with Crippen molar-refractivity contribution >= 4 is 65.8 Å². The molecule has 2 aromatic carbocycles. The number of hydrogen-bond donors (Lipinski definition) is 0. The summed E-state index contributed by atoms with van der Waals surface area (Å²) in [5.74, 6) is 0.161. The van der Waals surface area contributed by atoms with Crippen LogP contribution in [0.5, 0.6) is 0 Å². The lowest BCUT2D eigenvalue weighted by molar-refractivity contribution is 0.520. The predicted octanol–water partition coefficient (Wildman–Crippen LogP) is 4.56. The van der Waals surface area contributed by atoms with Gasteiger partial charge in [-0.25, -0.2) is 25.4 Å².